The van der Waals surface area contributed by atoms with Crippen LogP contribution < -0.4 is 10.3 Å². The van der Waals surface area contributed by atoms with E-state index in [0.717, 1.165) is 6.07 Å². The van der Waals surface area contributed by atoms with Crippen LogP contribution in [0, 0.1) is 5.82 Å². The number of pyridine rings is 1. The van der Waals surface area contributed by atoms with Crippen LogP contribution in [0.4, 0.5) is 10.2 Å². The minimum absolute atomic E-state index is 0.0332. The van der Waals surface area contributed by atoms with Crippen molar-refractivity contribution in [2.75, 3.05) is 25.2 Å². The van der Waals surface area contributed by atoms with Gasteiger partial charge in [0.15, 0.2) is 17.2 Å². The molecule has 0 bridgehead atoms. The number of rotatable bonds is 7. The molecule has 2 aromatic rings. The highest BCUT2D eigenvalue weighted by Crippen LogP contribution is 2.29. The number of hydrogen-bond acceptors (Lipinski definition) is 7. The number of aromatic hydroxyl groups is 1. The van der Waals surface area contributed by atoms with Gasteiger partial charge >= 0.3 is 5.91 Å². The van der Waals surface area contributed by atoms with Gasteiger partial charge in [0.2, 0.25) is 5.43 Å². The molecular weight excluding hydrogens is 497 g/mol. The lowest BCUT2D eigenvalue weighted by Gasteiger charge is -2.34. The smallest absolute Gasteiger partial charge is 0.301 e. The lowest BCUT2D eigenvalue weighted by molar-refractivity contribution is -0.124. The standard InChI is InChI=1S/C27H24FN3O7/c1-3-5-21(37-2)26(35)31(25(34)18-6-4-13-38-16-18)22-14-20(32)24(33)23-27(36)29(11-12-30(22)23)15-17-7-9-19(28)10-8-17/h3-10,13-14,33H,1,11-12,15-16H2,2H3/b21-5-. The van der Waals surface area contributed by atoms with Crippen LogP contribution >= 0.6 is 0 Å². The van der Waals surface area contributed by atoms with Crippen molar-refractivity contribution >= 4 is 23.5 Å². The van der Waals surface area contributed by atoms with Crippen LogP contribution in [0.15, 0.2) is 83.6 Å². The Hall–Kier alpha value is -4.93. The summed E-state index contributed by atoms with van der Waals surface area (Å²) < 4.78 is 24.9. The molecule has 0 saturated carbocycles. The Balaban J connectivity index is 1.83. The molecule has 0 atom stereocenters. The molecule has 196 valence electrons. The van der Waals surface area contributed by atoms with Crippen LogP contribution in [0.2, 0.25) is 0 Å². The molecule has 1 aromatic heterocycles. The first-order valence-electron chi connectivity index (χ1n) is 11.5. The van der Waals surface area contributed by atoms with Gasteiger partial charge in [-0.25, -0.2) is 9.29 Å². The molecule has 0 saturated heterocycles. The maximum Gasteiger partial charge on any atom is 0.301 e. The second kappa shape index (κ2) is 11.0. The van der Waals surface area contributed by atoms with Gasteiger partial charge in [0, 0.05) is 25.7 Å². The molecule has 0 radical (unpaired) electrons. The summed E-state index contributed by atoms with van der Waals surface area (Å²) in [7, 11) is 1.23. The zero-order valence-corrected chi connectivity index (χ0v) is 20.4. The van der Waals surface area contributed by atoms with E-state index in [1.165, 1.54) is 71.4 Å². The normalized spacial score (nSPS) is 14.8. The third kappa shape index (κ3) is 4.99. The Bertz CT molecular complexity index is 1430. The van der Waals surface area contributed by atoms with E-state index in [1.807, 2.05) is 0 Å². The minimum Gasteiger partial charge on any atom is -0.503 e. The number of carbonyl (C=O) groups excluding carboxylic acids is 3. The molecule has 2 aliphatic rings. The monoisotopic (exact) mass is 521 g/mol. The summed E-state index contributed by atoms with van der Waals surface area (Å²) in [5.74, 6) is -4.16. The number of amides is 3. The Morgan fingerprint density at radius 3 is 2.61 bits per heavy atom. The van der Waals surface area contributed by atoms with Crippen LogP contribution in [0.25, 0.3) is 0 Å². The van der Waals surface area contributed by atoms with Crippen LogP contribution in [-0.2, 0) is 32.2 Å². The first-order valence-corrected chi connectivity index (χ1v) is 11.5. The van der Waals surface area contributed by atoms with Gasteiger partial charge in [-0.15, -0.1) is 0 Å². The highest BCUT2D eigenvalue weighted by Gasteiger charge is 2.37. The largest absolute Gasteiger partial charge is 0.503 e. The maximum atomic E-state index is 13.6. The summed E-state index contributed by atoms with van der Waals surface area (Å²) in [6, 6.07) is 6.48. The van der Waals surface area contributed by atoms with Gasteiger partial charge in [-0.05, 0) is 35.9 Å². The van der Waals surface area contributed by atoms with Crippen molar-refractivity contribution in [1.82, 2.24) is 9.47 Å². The number of methoxy groups -OCH3 is 1. The summed E-state index contributed by atoms with van der Waals surface area (Å²) in [6.45, 7) is 3.64. The molecule has 0 unspecified atom stereocenters. The number of nitrogens with zero attached hydrogens (tertiary/aromatic N) is 3. The molecule has 4 rings (SSSR count). The molecule has 1 aromatic carbocycles. The lowest BCUT2D eigenvalue weighted by atomic mass is 10.1. The number of allylic oxidation sites excluding steroid dienone is 4. The lowest BCUT2D eigenvalue weighted by Crippen LogP contribution is -2.46. The zero-order valence-electron chi connectivity index (χ0n) is 20.4. The zero-order chi connectivity index (χ0) is 27.4. The second-order valence-electron chi connectivity index (χ2n) is 8.32. The van der Waals surface area contributed by atoms with E-state index in [9.17, 15) is 28.7 Å². The van der Waals surface area contributed by atoms with E-state index in [0.29, 0.717) is 10.5 Å². The number of imide groups is 1. The Morgan fingerprint density at radius 2 is 1.97 bits per heavy atom. The summed E-state index contributed by atoms with van der Waals surface area (Å²) in [4.78, 5) is 55.4. The van der Waals surface area contributed by atoms with Crippen LogP contribution in [0.3, 0.4) is 0 Å². The van der Waals surface area contributed by atoms with Gasteiger partial charge in [0.1, 0.15) is 18.2 Å². The van der Waals surface area contributed by atoms with Crippen LogP contribution in [0.1, 0.15) is 16.1 Å². The average molecular weight is 522 g/mol. The first-order chi connectivity index (χ1) is 18.3. The summed E-state index contributed by atoms with van der Waals surface area (Å²) in [6.07, 6.45) is 6.86. The third-order valence-corrected chi connectivity index (χ3v) is 5.96. The van der Waals surface area contributed by atoms with E-state index in [1.54, 1.807) is 0 Å². The Labute approximate surface area is 216 Å². The number of fused-ring (bicyclic) bond motifs is 1. The van der Waals surface area contributed by atoms with Gasteiger partial charge in [0.05, 0.1) is 18.9 Å². The molecule has 2 aliphatic heterocycles. The molecule has 3 amide bonds. The third-order valence-electron chi connectivity index (χ3n) is 5.96. The number of aromatic nitrogens is 1. The van der Waals surface area contributed by atoms with Crippen molar-refractivity contribution in [1.29, 1.82) is 0 Å². The highest BCUT2D eigenvalue weighted by atomic mass is 19.1. The van der Waals surface area contributed by atoms with Crippen molar-refractivity contribution in [3.8, 4) is 5.75 Å². The predicted octanol–water partition coefficient (Wildman–Crippen LogP) is 2.40. The van der Waals surface area contributed by atoms with Crippen molar-refractivity contribution in [2.24, 2.45) is 0 Å². The van der Waals surface area contributed by atoms with Crippen LogP contribution in [0.5, 0.6) is 5.75 Å². The van der Waals surface area contributed by atoms with Gasteiger partial charge < -0.3 is 24.0 Å². The quantitative estimate of drug-likeness (QED) is 0.338. The fourth-order valence-electron chi connectivity index (χ4n) is 4.10. The van der Waals surface area contributed by atoms with Crippen LogP contribution in [-0.4, -0.2) is 52.6 Å². The number of hydrogen-bond donors (Lipinski definition) is 1. The molecule has 0 spiro atoms. The second-order valence-corrected chi connectivity index (χ2v) is 8.32. The van der Waals surface area contributed by atoms with E-state index in [2.05, 4.69) is 6.58 Å². The first kappa shape index (κ1) is 26.1. The van der Waals surface area contributed by atoms with Gasteiger partial charge in [-0.1, -0.05) is 24.8 Å². The molecule has 38 heavy (non-hydrogen) atoms. The maximum absolute atomic E-state index is 13.6. The van der Waals surface area contributed by atoms with E-state index in [-0.39, 0.29) is 49.1 Å². The summed E-state index contributed by atoms with van der Waals surface area (Å²) in [5, 5.41) is 10.6. The molecule has 11 heteroatoms. The fourth-order valence-corrected chi connectivity index (χ4v) is 4.10. The number of ether oxygens (including phenoxy) is 2. The number of carbonyl (C=O) groups is 3. The molecule has 1 N–H and O–H groups in total. The van der Waals surface area contributed by atoms with E-state index in [4.69, 9.17) is 9.47 Å². The Kier molecular flexibility index (Phi) is 7.56. The molecular formula is C27H24FN3O7. The van der Waals surface area contributed by atoms with Gasteiger partial charge in [-0.3, -0.25) is 19.2 Å². The number of benzene rings is 1. The predicted molar refractivity (Wildman–Crippen MR) is 134 cm³/mol. The molecule has 3 heterocycles. The van der Waals surface area contributed by atoms with Crippen molar-refractivity contribution in [3.05, 3.63) is 106 Å². The Morgan fingerprint density at radius 1 is 1.24 bits per heavy atom. The molecule has 10 nitrogen and oxygen atoms in total. The van der Waals surface area contributed by atoms with E-state index < -0.39 is 34.7 Å². The molecule has 0 aliphatic carbocycles. The van der Waals surface area contributed by atoms with Gasteiger partial charge in [0.25, 0.3) is 11.8 Å². The van der Waals surface area contributed by atoms with Gasteiger partial charge in [-0.2, -0.15) is 0 Å². The number of halogens is 1. The number of anilines is 1. The van der Waals surface area contributed by atoms with Crippen molar-refractivity contribution < 1.29 is 33.4 Å². The fraction of sp³-hybridized carbons (Fsp3) is 0.185. The molecule has 0 fully saturated rings. The minimum atomic E-state index is -0.964. The average Bonchev–Trinajstić information content (AvgIpc) is 2.92. The SMILES string of the molecule is C=C/C=C(\OC)C(=O)N(C(=O)C1=CC=COC1)c1cc(=O)c(O)c2n1CCN(Cc1ccc(F)cc1)C2=O. The summed E-state index contributed by atoms with van der Waals surface area (Å²) >= 11 is 0. The van der Waals surface area contributed by atoms with Crippen molar-refractivity contribution in [3.63, 3.8) is 0 Å². The topological polar surface area (TPSA) is 118 Å². The summed E-state index contributed by atoms with van der Waals surface area (Å²) in [5.41, 5.74) is -0.610. The van der Waals surface area contributed by atoms with Crippen molar-refractivity contribution in [2.45, 2.75) is 13.1 Å². The van der Waals surface area contributed by atoms with E-state index >= 15 is 0 Å². The highest BCUT2D eigenvalue weighted by molar-refractivity contribution is 6.25.